The van der Waals surface area contributed by atoms with Gasteiger partial charge in [0, 0.05) is 11.6 Å². The Kier molecular flexibility index (Phi) is 3.11. The number of anilines is 2. The standard InChI is InChI=1S/C15H24N4/c1-8-14(16)18-10(3)19-15(8)17-9(2)13-7-11-4-5-12(13)6-11/h9,11-13H,4-7H2,1-3H3,(H3,16,17,18,19). The van der Waals surface area contributed by atoms with E-state index in [2.05, 4.69) is 22.2 Å². The van der Waals surface area contributed by atoms with Crippen molar-refractivity contribution in [3.05, 3.63) is 11.4 Å². The molecule has 4 nitrogen and oxygen atoms in total. The van der Waals surface area contributed by atoms with Crippen molar-refractivity contribution >= 4 is 11.6 Å². The van der Waals surface area contributed by atoms with Gasteiger partial charge in [-0.05, 0) is 57.8 Å². The number of aromatic nitrogens is 2. The quantitative estimate of drug-likeness (QED) is 0.877. The molecular weight excluding hydrogens is 236 g/mol. The van der Waals surface area contributed by atoms with E-state index < -0.39 is 0 Å². The Morgan fingerprint density at radius 1 is 1.21 bits per heavy atom. The molecule has 2 bridgehead atoms. The summed E-state index contributed by atoms with van der Waals surface area (Å²) in [6.45, 7) is 6.17. The molecule has 0 radical (unpaired) electrons. The highest BCUT2D eigenvalue weighted by Gasteiger charge is 2.41. The first kappa shape index (κ1) is 12.7. The van der Waals surface area contributed by atoms with Crippen LogP contribution in [0.1, 0.15) is 44.0 Å². The monoisotopic (exact) mass is 260 g/mol. The highest BCUT2D eigenvalue weighted by molar-refractivity contribution is 5.55. The van der Waals surface area contributed by atoms with Crippen molar-refractivity contribution in [3.63, 3.8) is 0 Å². The predicted molar refractivity (Wildman–Crippen MR) is 77.9 cm³/mol. The molecule has 0 aromatic carbocycles. The van der Waals surface area contributed by atoms with Gasteiger partial charge in [0.1, 0.15) is 17.5 Å². The summed E-state index contributed by atoms with van der Waals surface area (Å²) in [5, 5.41) is 3.59. The topological polar surface area (TPSA) is 63.8 Å². The van der Waals surface area contributed by atoms with E-state index in [4.69, 9.17) is 5.73 Å². The molecule has 2 aliphatic rings. The lowest BCUT2D eigenvalue weighted by Gasteiger charge is -2.29. The molecule has 0 saturated heterocycles. The Labute approximate surface area is 115 Å². The molecule has 0 aliphatic heterocycles. The first-order chi connectivity index (χ1) is 9.04. The summed E-state index contributed by atoms with van der Waals surface area (Å²) in [7, 11) is 0. The first-order valence-electron chi connectivity index (χ1n) is 7.42. The number of nitrogens with zero attached hydrogens (tertiary/aromatic N) is 2. The molecule has 4 heteroatoms. The lowest BCUT2D eigenvalue weighted by atomic mass is 9.84. The van der Waals surface area contributed by atoms with Gasteiger partial charge < -0.3 is 11.1 Å². The van der Waals surface area contributed by atoms with E-state index in [9.17, 15) is 0 Å². The van der Waals surface area contributed by atoms with Gasteiger partial charge in [-0.15, -0.1) is 0 Å². The third-order valence-electron chi connectivity index (χ3n) is 5.09. The van der Waals surface area contributed by atoms with Crippen molar-refractivity contribution in [2.75, 3.05) is 11.1 Å². The Morgan fingerprint density at radius 2 is 2.00 bits per heavy atom. The van der Waals surface area contributed by atoms with Gasteiger partial charge in [0.15, 0.2) is 0 Å². The summed E-state index contributed by atoms with van der Waals surface area (Å²) in [4.78, 5) is 8.71. The zero-order valence-corrected chi connectivity index (χ0v) is 12.1. The molecular formula is C15H24N4. The Balaban J connectivity index is 1.74. The molecule has 1 aromatic heterocycles. The Morgan fingerprint density at radius 3 is 2.63 bits per heavy atom. The maximum Gasteiger partial charge on any atom is 0.134 e. The fourth-order valence-corrected chi connectivity index (χ4v) is 4.02. The second-order valence-corrected chi connectivity index (χ2v) is 6.40. The second kappa shape index (κ2) is 4.66. The average molecular weight is 260 g/mol. The fourth-order valence-electron chi connectivity index (χ4n) is 4.02. The molecule has 3 rings (SSSR count). The van der Waals surface area contributed by atoms with Gasteiger partial charge in [0.05, 0.1) is 0 Å². The number of nitrogens with one attached hydrogen (secondary N) is 1. The van der Waals surface area contributed by atoms with Crippen LogP contribution in [0.25, 0.3) is 0 Å². The van der Waals surface area contributed by atoms with Gasteiger partial charge in [-0.25, -0.2) is 9.97 Å². The van der Waals surface area contributed by atoms with Gasteiger partial charge in [-0.1, -0.05) is 6.42 Å². The normalized spacial score (nSPS) is 30.6. The van der Waals surface area contributed by atoms with Gasteiger partial charge in [0.25, 0.3) is 0 Å². The third-order valence-corrected chi connectivity index (χ3v) is 5.09. The number of fused-ring (bicyclic) bond motifs is 2. The molecule has 0 amide bonds. The van der Waals surface area contributed by atoms with Crippen molar-refractivity contribution in [1.82, 2.24) is 9.97 Å². The lowest BCUT2D eigenvalue weighted by Crippen LogP contribution is -2.30. The predicted octanol–water partition coefficient (Wildman–Crippen LogP) is 2.91. The van der Waals surface area contributed by atoms with E-state index in [0.717, 1.165) is 35.0 Å². The SMILES string of the molecule is Cc1nc(N)c(C)c(NC(C)C2CC3CCC2C3)n1. The van der Waals surface area contributed by atoms with Crippen molar-refractivity contribution in [2.45, 2.75) is 52.5 Å². The summed E-state index contributed by atoms with van der Waals surface area (Å²) >= 11 is 0. The molecule has 2 saturated carbocycles. The first-order valence-corrected chi connectivity index (χ1v) is 7.42. The Hall–Kier alpha value is -1.32. The maximum atomic E-state index is 5.92. The van der Waals surface area contributed by atoms with Crippen molar-refractivity contribution in [1.29, 1.82) is 0 Å². The van der Waals surface area contributed by atoms with Crippen molar-refractivity contribution in [3.8, 4) is 0 Å². The number of rotatable bonds is 3. The number of nitrogen functional groups attached to an aromatic ring is 1. The summed E-state index contributed by atoms with van der Waals surface area (Å²) in [6, 6.07) is 0.475. The van der Waals surface area contributed by atoms with Crippen LogP contribution in [-0.4, -0.2) is 16.0 Å². The van der Waals surface area contributed by atoms with E-state index in [1.54, 1.807) is 0 Å². The molecule has 1 aromatic rings. The smallest absolute Gasteiger partial charge is 0.134 e. The zero-order valence-electron chi connectivity index (χ0n) is 12.1. The van der Waals surface area contributed by atoms with Gasteiger partial charge >= 0.3 is 0 Å². The molecule has 4 atom stereocenters. The van der Waals surface area contributed by atoms with Crippen LogP contribution in [0, 0.1) is 31.6 Å². The molecule has 104 valence electrons. The van der Waals surface area contributed by atoms with Crippen molar-refractivity contribution in [2.24, 2.45) is 17.8 Å². The van der Waals surface area contributed by atoms with Crippen LogP contribution in [0.4, 0.5) is 11.6 Å². The Bertz CT molecular complexity index is 485. The van der Waals surface area contributed by atoms with E-state index >= 15 is 0 Å². The summed E-state index contributed by atoms with van der Waals surface area (Å²) < 4.78 is 0. The minimum Gasteiger partial charge on any atom is -0.383 e. The molecule has 0 spiro atoms. The largest absolute Gasteiger partial charge is 0.383 e. The highest BCUT2D eigenvalue weighted by atomic mass is 15.1. The van der Waals surface area contributed by atoms with Crippen LogP contribution >= 0.6 is 0 Å². The number of nitrogens with two attached hydrogens (primary N) is 1. The summed E-state index contributed by atoms with van der Waals surface area (Å²) in [5.74, 6) is 4.96. The van der Waals surface area contributed by atoms with Crippen molar-refractivity contribution < 1.29 is 0 Å². The van der Waals surface area contributed by atoms with Crippen LogP contribution in [0.3, 0.4) is 0 Å². The molecule has 1 heterocycles. The van der Waals surface area contributed by atoms with E-state index in [1.165, 1.54) is 25.7 Å². The van der Waals surface area contributed by atoms with Crippen LogP contribution in [0.15, 0.2) is 0 Å². The second-order valence-electron chi connectivity index (χ2n) is 6.40. The van der Waals surface area contributed by atoms with Crippen LogP contribution in [0.5, 0.6) is 0 Å². The van der Waals surface area contributed by atoms with Gasteiger partial charge in [0.2, 0.25) is 0 Å². The zero-order chi connectivity index (χ0) is 13.6. The van der Waals surface area contributed by atoms with E-state index in [-0.39, 0.29) is 0 Å². The van der Waals surface area contributed by atoms with E-state index in [0.29, 0.717) is 11.9 Å². The molecule has 19 heavy (non-hydrogen) atoms. The number of aryl methyl sites for hydroxylation is 1. The van der Waals surface area contributed by atoms with Crippen LogP contribution < -0.4 is 11.1 Å². The molecule has 2 aliphatic carbocycles. The number of hydrogen-bond acceptors (Lipinski definition) is 4. The maximum absolute atomic E-state index is 5.92. The average Bonchev–Trinajstić information content (AvgIpc) is 2.97. The van der Waals surface area contributed by atoms with Gasteiger partial charge in [-0.3, -0.25) is 0 Å². The highest BCUT2D eigenvalue weighted by Crippen LogP contribution is 2.49. The molecule has 2 fully saturated rings. The summed E-state index contributed by atoms with van der Waals surface area (Å²) in [6.07, 6.45) is 5.70. The molecule has 4 unspecified atom stereocenters. The molecule has 3 N–H and O–H groups in total. The number of hydrogen-bond donors (Lipinski definition) is 2. The minimum atomic E-state index is 0.475. The summed E-state index contributed by atoms with van der Waals surface area (Å²) in [5.41, 5.74) is 6.89. The lowest BCUT2D eigenvalue weighted by molar-refractivity contribution is 0.304. The third kappa shape index (κ3) is 2.28. The van der Waals surface area contributed by atoms with Crippen LogP contribution in [0.2, 0.25) is 0 Å². The van der Waals surface area contributed by atoms with Crippen LogP contribution in [-0.2, 0) is 0 Å². The van der Waals surface area contributed by atoms with Gasteiger partial charge in [-0.2, -0.15) is 0 Å². The fraction of sp³-hybridized carbons (Fsp3) is 0.733. The minimum absolute atomic E-state index is 0.475. The van der Waals surface area contributed by atoms with E-state index in [1.807, 2.05) is 13.8 Å².